The lowest BCUT2D eigenvalue weighted by Gasteiger charge is -2.53. The highest BCUT2D eigenvalue weighted by atomic mass is 32.2. The van der Waals surface area contributed by atoms with Gasteiger partial charge in [-0.05, 0) is 24.5 Å². The number of aliphatic hydroxyl groups excluding tert-OH is 1. The summed E-state index contributed by atoms with van der Waals surface area (Å²) in [5.41, 5.74) is 2.97. The normalized spacial score (nSPS) is 37.4. The summed E-state index contributed by atoms with van der Waals surface area (Å²) in [7, 11) is 0. The molecule has 1 aromatic rings. The topological polar surface area (TPSA) is 85.5 Å². The van der Waals surface area contributed by atoms with Crippen molar-refractivity contribution in [2.45, 2.75) is 35.8 Å². The Morgan fingerprint density at radius 3 is 3.16 bits per heavy atom. The molecule has 0 aromatic heterocycles. The lowest BCUT2D eigenvalue weighted by Crippen LogP contribution is -2.67. The van der Waals surface area contributed by atoms with Crippen LogP contribution in [-0.2, 0) is 10.2 Å². The van der Waals surface area contributed by atoms with E-state index in [-0.39, 0.29) is 16.9 Å². The number of anilines is 1. The fourth-order valence-electron chi connectivity index (χ4n) is 5.64. The SMILES string of the molecule is O=C1C=C2S[C@H]3C[C@]24c2c5c6c(c(O)c2=N3)N=CC=6CCN5[C@H]1[C@H]4O. The molecule has 3 bridgehead atoms. The number of hydrogen-bond donors (Lipinski definition) is 2. The lowest BCUT2D eigenvalue weighted by molar-refractivity contribution is -0.120. The average molecular weight is 351 g/mol. The van der Waals surface area contributed by atoms with E-state index in [1.807, 2.05) is 11.1 Å². The molecule has 0 radical (unpaired) electrons. The quantitative estimate of drug-likeness (QED) is 0.688. The Labute approximate surface area is 146 Å². The van der Waals surface area contributed by atoms with Crippen LogP contribution in [0.1, 0.15) is 18.4 Å². The van der Waals surface area contributed by atoms with Crippen molar-refractivity contribution in [3.63, 3.8) is 0 Å². The molecule has 1 saturated heterocycles. The third kappa shape index (κ3) is 1.15. The summed E-state index contributed by atoms with van der Waals surface area (Å²) in [5.74, 6) is 0.0971. The van der Waals surface area contributed by atoms with Crippen LogP contribution in [0.3, 0.4) is 0 Å². The largest absolute Gasteiger partial charge is 0.504 e. The Kier molecular flexibility index (Phi) is 1.94. The summed E-state index contributed by atoms with van der Waals surface area (Å²) in [6, 6.07) is -0.544. The first kappa shape index (κ1) is 13.1. The number of fused-ring (bicyclic) bond motifs is 3. The number of nitrogens with zero attached hydrogens (tertiary/aromatic N) is 3. The Morgan fingerprint density at radius 2 is 2.28 bits per heavy atom. The molecule has 124 valence electrons. The highest BCUT2D eigenvalue weighted by Crippen LogP contribution is 2.62. The molecule has 0 saturated carbocycles. The molecule has 7 rings (SSSR count). The standard InChI is InChI=1S/C18H13N3O3S/c22-7-3-8-18-4-9(25-8)20-13-11(18)15-10-6(5-19-12(10)16(13)23)1-2-21(15)14(7)17(18)24/h3,5,9,14,17,23-24H,1-2,4H2/t9-,14+,17+,18+/m0/s1. The van der Waals surface area contributed by atoms with E-state index >= 15 is 0 Å². The van der Waals surface area contributed by atoms with E-state index < -0.39 is 17.6 Å². The third-order valence-electron chi connectivity index (χ3n) is 6.60. The maximum atomic E-state index is 12.8. The minimum Gasteiger partial charge on any atom is -0.504 e. The van der Waals surface area contributed by atoms with Gasteiger partial charge in [0.25, 0.3) is 0 Å². The number of phenolic OH excluding ortho intramolecular Hbond substituents is 1. The molecule has 4 atom stereocenters. The van der Waals surface area contributed by atoms with Gasteiger partial charge < -0.3 is 15.1 Å². The second-order valence-electron chi connectivity index (χ2n) is 7.55. The maximum Gasteiger partial charge on any atom is 0.181 e. The van der Waals surface area contributed by atoms with Gasteiger partial charge in [-0.1, -0.05) is 0 Å². The van der Waals surface area contributed by atoms with Gasteiger partial charge in [-0.15, -0.1) is 11.8 Å². The minimum absolute atomic E-state index is 0.0236. The van der Waals surface area contributed by atoms with Gasteiger partial charge in [-0.25, -0.2) is 0 Å². The van der Waals surface area contributed by atoms with E-state index in [1.54, 1.807) is 17.8 Å². The number of aliphatic imine (C=N–C) groups is 1. The molecule has 7 heteroatoms. The first-order valence-electron chi connectivity index (χ1n) is 8.53. The molecule has 0 amide bonds. The molecule has 25 heavy (non-hydrogen) atoms. The molecule has 1 fully saturated rings. The zero-order chi connectivity index (χ0) is 16.7. The first-order valence-corrected chi connectivity index (χ1v) is 9.41. The second kappa shape index (κ2) is 3.68. The van der Waals surface area contributed by atoms with Gasteiger partial charge in [0.2, 0.25) is 0 Å². The number of carbonyl (C=O) groups is 1. The highest BCUT2D eigenvalue weighted by molar-refractivity contribution is 8.04. The van der Waals surface area contributed by atoms with Crippen LogP contribution in [0.2, 0.25) is 0 Å². The van der Waals surface area contributed by atoms with Gasteiger partial charge in [-0.3, -0.25) is 14.8 Å². The van der Waals surface area contributed by atoms with Crippen molar-refractivity contribution in [3.05, 3.63) is 27.1 Å². The third-order valence-corrected chi connectivity index (χ3v) is 7.88. The molecule has 5 heterocycles. The zero-order valence-corrected chi connectivity index (χ0v) is 13.9. The maximum absolute atomic E-state index is 12.8. The van der Waals surface area contributed by atoms with Crippen LogP contribution in [0.15, 0.2) is 21.0 Å². The molecule has 1 aliphatic carbocycles. The molecule has 6 aliphatic rings. The van der Waals surface area contributed by atoms with Crippen LogP contribution in [-0.4, -0.2) is 46.3 Å². The van der Waals surface area contributed by atoms with Crippen molar-refractivity contribution in [1.29, 1.82) is 0 Å². The van der Waals surface area contributed by atoms with Gasteiger partial charge in [-0.2, -0.15) is 0 Å². The monoisotopic (exact) mass is 351 g/mol. The van der Waals surface area contributed by atoms with E-state index in [1.165, 1.54) is 0 Å². The molecule has 0 unspecified atom stereocenters. The summed E-state index contributed by atoms with van der Waals surface area (Å²) in [5, 5.41) is 23.6. The first-order chi connectivity index (χ1) is 12.1. The number of thioether (sulfide) groups is 1. The Balaban J connectivity index is 1.79. The van der Waals surface area contributed by atoms with E-state index in [0.29, 0.717) is 24.0 Å². The Morgan fingerprint density at radius 1 is 1.40 bits per heavy atom. The molecular weight excluding hydrogens is 338 g/mol. The van der Waals surface area contributed by atoms with E-state index in [0.717, 1.165) is 33.4 Å². The van der Waals surface area contributed by atoms with Crippen molar-refractivity contribution >= 4 is 40.7 Å². The summed E-state index contributed by atoms with van der Waals surface area (Å²) < 4.78 is 0. The van der Waals surface area contributed by atoms with Gasteiger partial charge in [0.05, 0.1) is 17.2 Å². The predicted molar refractivity (Wildman–Crippen MR) is 93.0 cm³/mol. The number of aliphatic hydroxyl groups is 1. The van der Waals surface area contributed by atoms with Crippen LogP contribution in [0.5, 0.6) is 5.75 Å². The fourth-order valence-corrected chi connectivity index (χ4v) is 7.14. The van der Waals surface area contributed by atoms with Crippen LogP contribution >= 0.6 is 11.8 Å². The summed E-state index contributed by atoms with van der Waals surface area (Å²) in [4.78, 5) is 25.0. The van der Waals surface area contributed by atoms with E-state index in [4.69, 9.17) is 4.99 Å². The summed E-state index contributed by atoms with van der Waals surface area (Å²) >= 11 is 1.55. The smallest absolute Gasteiger partial charge is 0.181 e. The predicted octanol–water partition coefficient (Wildman–Crippen LogP) is 0.0126. The number of rotatable bonds is 0. The van der Waals surface area contributed by atoms with Gasteiger partial charge in [0.15, 0.2) is 11.5 Å². The zero-order valence-electron chi connectivity index (χ0n) is 13.1. The molecular formula is C18H13N3O3S. The number of benzene rings is 1. The number of phenols is 1. The highest BCUT2D eigenvalue weighted by Gasteiger charge is 2.64. The average Bonchev–Trinajstić information content (AvgIpc) is 3.13. The Hall–Kier alpha value is -2.12. The molecule has 5 aliphatic heterocycles. The number of ketones is 1. The minimum atomic E-state index is -0.791. The Bertz CT molecular complexity index is 1140. The molecule has 1 spiro atoms. The van der Waals surface area contributed by atoms with Crippen molar-refractivity contribution in [3.8, 4) is 5.75 Å². The van der Waals surface area contributed by atoms with Crippen molar-refractivity contribution in [2.24, 2.45) is 9.98 Å². The van der Waals surface area contributed by atoms with Crippen molar-refractivity contribution in [2.75, 3.05) is 11.4 Å². The number of carbonyl (C=O) groups excluding carboxylic acids is 1. The van der Waals surface area contributed by atoms with E-state index in [9.17, 15) is 15.0 Å². The van der Waals surface area contributed by atoms with Gasteiger partial charge >= 0.3 is 0 Å². The number of hydrogen-bond acceptors (Lipinski definition) is 7. The molecule has 2 N–H and O–H groups in total. The number of aromatic hydroxyl groups is 1. The second-order valence-corrected chi connectivity index (χ2v) is 8.77. The van der Waals surface area contributed by atoms with Crippen LogP contribution < -0.4 is 15.5 Å². The van der Waals surface area contributed by atoms with Gasteiger partial charge in [0.1, 0.15) is 22.5 Å². The van der Waals surface area contributed by atoms with Crippen LogP contribution in [0.4, 0.5) is 11.4 Å². The molecule has 1 aromatic carbocycles. The summed E-state index contributed by atoms with van der Waals surface area (Å²) in [6.45, 7) is 0.675. The lowest BCUT2D eigenvalue weighted by atomic mass is 9.62. The van der Waals surface area contributed by atoms with Crippen molar-refractivity contribution < 1.29 is 15.0 Å². The van der Waals surface area contributed by atoms with Crippen LogP contribution in [0, 0.1) is 0 Å². The fraction of sp³-hybridized carbons (Fsp3) is 0.389. The van der Waals surface area contributed by atoms with E-state index in [2.05, 4.69) is 4.99 Å². The van der Waals surface area contributed by atoms with Crippen LogP contribution in [0.25, 0.3) is 5.57 Å². The summed E-state index contributed by atoms with van der Waals surface area (Å²) in [6.07, 6.45) is 4.21. The van der Waals surface area contributed by atoms with Gasteiger partial charge in [0, 0.05) is 28.4 Å². The van der Waals surface area contributed by atoms with Crippen molar-refractivity contribution in [1.82, 2.24) is 0 Å². The molecule has 6 nitrogen and oxygen atoms in total.